The number of benzene rings is 1. The average molecular weight is 343 g/mol. The van der Waals surface area contributed by atoms with Gasteiger partial charge in [0.15, 0.2) is 0 Å². The molecule has 1 atom stereocenters. The van der Waals surface area contributed by atoms with Crippen LogP contribution in [0.5, 0.6) is 0 Å². The molecule has 0 aliphatic carbocycles. The number of aryl methyl sites for hydroxylation is 1. The molecular formula is C14H17BrClN3. The van der Waals surface area contributed by atoms with Crippen LogP contribution in [0.2, 0.25) is 5.02 Å². The lowest BCUT2D eigenvalue weighted by Crippen LogP contribution is -2.20. The maximum Gasteiger partial charge on any atom is 0.0837 e. The van der Waals surface area contributed by atoms with Crippen LogP contribution in [0.15, 0.2) is 28.9 Å². The van der Waals surface area contributed by atoms with E-state index in [1.807, 2.05) is 23.7 Å². The van der Waals surface area contributed by atoms with Crippen LogP contribution in [0, 0.1) is 6.92 Å². The second kappa shape index (κ2) is 5.65. The lowest BCUT2D eigenvalue weighted by atomic mass is 9.99. The van der Waals surface area contributed by atoms with Crippen LogP contribution in [-0.2, 0) is 0 Å². The number of hydrogen-bond acceptors (Lipinski definition) is 2. The summed E-state index contributed by atoms with van der Waals surface area (Å²) in [6.07, 6.45) is 1.66. The Morgan fingerprint density at radius 1 is 1.37 bits per heavy atom. The van der Waals surface area contributed by atoms with Crippen molar-refractivity contribution in [3.63, 3.8) is 0 Å². The number of aromatic nitrogens is 2. The van der Waals surface area contributed by atoms with Gasteiger partial charge in [0.25, 0.3) is 0 Å². The molecule has 0 aliphatic rings. The second-order valence-electron chi connectivity index (χ2n) is 4.89. The molecule has 2 rings (SSSR count). The van der Waals surface area contributed by atoms with Gasteiger partial charge in [-0.2, -0.15) is 5.10 Å². The number of hydrogen-bond donors (Lipinski definition) is 1. The first kappa shape index (κ1) is 14.6. The molecule has 5 heteroatoms. The van der Waals surface area contributed by atoms with Crippen molar-refractivity contribution in [3.8, 4) is 0 Å². The van der Waals surface area contributed by atoms with Gasteiger partial charge in [-0.05, 0) is 44.0 Å². The van der Waals surface area contributed by atoms with E-state index < -0.39 is 0 Å². The van der Waals surface area contributed by atoms with Crippen molar-refractivity contribution < 1.29 is 0 Å². The number of rotatable bonds is 3. The fourth-order valence-electron chi connectivity index (χ4n) is 2.19. The predicted octanol–water partition coefficient (Wildman–Crippen LogP) is 4.24. The summed E-state index contributed by atoms with van der Waals surface area (Å²) in [5.74, 6) is 0. The van der Waals surface area contributed by atoms with Crippen LogP contribution in [0.4, 0.5) is 0 Å². The Morgan fingerprint density at radius 2 is 2.05 bits per heavy atom. The fourth-order valence-corrected chi connectivity index (χ4v) is 2.91. The third-order valence-electron chi connectivity index (χ3n) is 3.14. The molecule has 19 heavy (non-hydrogen) atoms. The fraction of sp³-hybridized carbons (Fsp3) is 0.357. The van der Waals surface area contributed by atoms with E-state index in [2.05, 4.69) is 40.9 Å². The van der Waals surface area contributed by atoms with Crippen LogP contribution in [0.25, 0.3) is 0 Å². The minimum atomic E-state index is -0.273. The minimum Gasteiger partial charge on any atom is -0.319 e. The minimum absolute atomic E-state index is 0.226. The molecule has 3 nitrogen and oxygen atoms in total. The van der Waals surface area contributed by atoms with Gasteiger partial charge in [-0.25, -0.2) is 0 Å². The van der Waals surface area contributed by atoms with Crippen molar-refractivity contribution in [1.82, 2.24) is 9.78 Å². The lowest BCUT2D eigenvalue weighted by molar-refractivity contribution is 0.499. The number of nitrogens with two attached hydrogens (primary N) is 1. The van der Waals surface area contributed by atoms with E-state index >= 15 is 0 Å². The van der Waals surface area contributed by atoms with Gasteiger partial charge in [0.1, 0.15) is 0 Å². The highest BCUT2D eigenvalue weighted by Crippen LogP contribution is 2.30. The third-order valence-corrected chi connectivity index (χ3v) is 3.92. The molecule has 0 fully saturated rings. The van der Waals surface area contributed by atoms with E-state index in [4.69, 9.17) is 17.3 Å². The van der Waals surface area contributed by atoms with Crippen molar-refractivity contribution in [2.45, 2.75) is 32.9 Å². The molecule has 0 bridgehead atoms. The maximum atomic E-state index is 6.39. The SMILES string of the molecule is Cc1cc(Br)ccc1C(N)c1c(Cl)cnn1C(C)C. The summed E-state index contributed by atoms with van der Waals surface area (Å²) in [4.78, 5) is 0. The normalized spacial score (nSPS) is 13.0. The van der Waals surface area contributed by atoms with Gasteiger partial charge in [-0.1, -0.05) is 33.6 Å². The predicted molar refractivity (Wildman–Crippen MR) is 82.5 cm³/mol. The summed E-state index contributed by atoms with van der Waals surface area (Å²) in [6.45, 7) is 6.17. The van der Waals surface area contributed by atoms with E-state index in [9.17, 15) is 0 Å². The zero-order chi connectivity index (χ0) is 14.2. The lowest BCUT2D eigenvalue weighted by Gasteiger charge is -2.19. The van der Waals surface area contributed by atoms with E-state index in [1.165, 1.54) is 0 Å². The molecule has 1 aromatic carbocycles. The summed E-state index contributed by atoms with van der Waals surface area (Å²) < 4.78 is 2.93. The van der Waals surface area contributed by atoms with Crippen LogP contribution < -0.4 is 5.73 Å². The Morgan fingerprint density at radius 3 is 2.63 bits per heavy atom. The largest absolute Gasteiger partial charge is 0.319 e. The molecule has 2 N–H and O–H groups in total. The summed E-state index contributed by atoms with van der Waals surface area (Å²) in [5, 5.41) is 4.92. The van der Waals surface area contributed by atoms with E-state index in [-0.39, 0.29) is 12.1 Å². The Labute approximate surface area is 126 Å². The first-order valence-corrected chi connectivity index (χ1v) is 7.33. The summed E-state index contributed by atoms with van der Waals surface area (Å²) in [7, 11) is 0. The highest BCUT2D eigenvalue weighted by Gasteiger charge is 2.21. The van der Waals surface area contributed by atoms with Crippen LogP contribution in [0.3, 0.4) is 0 Å². The van der Waals surface area contributed by atoms with Crippen molar-refractivity contribution >= 4 is 27.5 Å². The smallest absolute Gasteiger partial charge is 0.0837 e. The number of halogens is 2. The van der Waals surface area contributed by atoms with E-state index in [0.717, 1.165) is 21.3 Å². The van der Waals surface area contributed by atoms with E-state index in [1.54, 1.807) is 6.20 Å². The Balaban J connectivity index is 2.49. The standard InChI is InChI=1S/C14H17BrClN3/c1-8(2)19-14(12(16)7-18-19)13(17)11-5-4-10(15)6-9(11)3/h4-8,13H,17H2,1-3H3. The van der Waals surface area contributed by atoms with E-state index in [0.29, 0.717) is 5.02 Å². The van der Waals surface area contributed by atoms with Gasteiger partial charge in [0.05, 0.1) is 23.0 Å². The molecule has 1 heterocycles. The van der Waals surface area contributed by atoms with Crippen molar-refractivity contribution in [2.75, 3.05) is 0 Å². The summed E-state index contributed by atoms with van der Waals surface area (Å²) >= 11 is 9.71. The molecule has 1 aromatic heterocycles. The van der Waals surface area contributed by atoms with Crippen LogP contribution in [-0.4, -0.2) is 9.78 Å². The van der Waals surface area contributed by atoms with Gasteiger partial charge < -0.3 is 5.73 Å². The van der Waals surface area contributed by atoms with Crippen LogP contribution in [0.1, 0.15) is 42.8 Å². The third kappa shape index (κ3) is 2.86. The molecule has 0 saturated carbocycles. The molecule has 2 aromatic rings. The topological polar surface area (TPSA) is 43.8 Å². The van der Waals surface area contributed by atoms with Crippen molar-refractivity contribution in [1.29, 1.82) is 0 Å². The highest BCUT2D eigenvalue weighted by atomic mass is 79.9. The number of nitrogens with zero attached hydrogens (tertiary/aromatic N) is 2. The van der Waals surface area contributed by atoms with Crippen molar-refractivity contribution in [3.05, 3.63) is 50.7 Å². The summed E-state index contributed by atoms with van der Waals surface area (Å²) in [5.41, 5.74) is 9.45. The Hall–Kier alpha value is -0.840. The Kier molecular flexibility index (Phi) is 4.33. The molecule has 0 saturated heterocycles. The molecule has 102 valence electrons. The first-order chi connectivity index (χ1) is 8.91. The van der Waals surface area contributed by atoms with Gasteiger partial charge >= 0.3 is 0 Å². The second-order valence-corrected chi connectivity index (χ2v) is 6.22. The van der Waals surface area contributed by atoms with Gasteiger partial charge in [-0.15, -0.1) is 0 Å². The Bertz CT molecular complexity index is 592. The molecule has 0 spiro atoms. The average Bonchev–Trinajstić information content (AvgIpc) is 2.70. The zero-order valence-corrected chi connectivity index (χ0v) is 13.5. The molecule has 1 unspecified atom stereocenters. The highest BCUT2D eigenvalue weighted by molar-refractivity contribution is 9.10. The molecular weight excluding hydrogens is 326 g/mol. The van der Waals surface area contributed by atoms with Gasteiger partial charge in [0, 0.05) is 10.5 Å². The van der Waals surface area contributed by atoms with Crippen LogP contribution >= 0.6 is 27.5 Å². The molecule has 0 amide bonds. The van der Waals surface area contributed by atoms with Gasteiger partial charge in [0.2, 0.25) is 0 Å². The monoisotopic (exact) mass is 341 g/mol. The molecule has 0 radical (unpaired) electrons. The first-order valence-electron chi connectivity index (χ1n) is 6.16. The van der Waals surface area contributed by atoms with Crippen molar-refractivity contribution in [2.24, 2.45) is 5.73 Å². The summed E-state index contributed by atoms with van der Waals surface area (Å²) in [6, 6.07) is 6.03. The van der Waals surface area contributed by atoms with Gasteiger partial charge in [-0.3, -0.25) is 4.68 Å². The maximum absolute atomic E-state index is 6.39. The quantitative estimate of drug-likeness (QED) is 0.907. The zero-order valence-electron chi connectivity index (χ0n) is 11.2. The molecule has 0 aliphatic heterocycles.